The largest absolute Gasteiger partial charge is 0.399 e. The summed E-state index contributed by atoms with van der Waals surface area (Å²) in [6.45, 7) is 16.8. The molecule has 7 rings (SSSR count). The lowest BCUT2D eigenvalue weighted by Crippen LogP contribution is -2.14. The van der Waals surface area contributed by atoms with Crippen LogP contribution in [0.3, 0.4) is 0 Å². The van der Waals surface area contributed by atoms with Gasteiger partial charge in [0.15, 0.2) is 0 Å². The first-order chi connectivity index (χ1) is 23.7. The van der Waals surface area contributed by atoms with Crippen LogP contribution in [-0.2, 0) is 5.41 Å². The third-order valence-corrected chi connectivity index (χ3v) is 9.40. The molecule has 49 heavy (non-hydrogen) atoms. The van der Waals surface area contributed by atoms with Crippen molar-refractivity contribution in [1.82, 2.24) is 4.57 Å². The van der Waals surface area contributed by atoms with Gasteiger partial charge in [-0.3, -0.25) is 0 Å². The first kappa shape index (κ1) is 33.1. The Morgan fingerprint density at radius 2 is 1.43 bits per heavy atom. The molecule has 1 aliphatic rings. The number of nitrogens with two attached hydrogens (primary N) is 1. The van der Waals surface area contributed by atoms with Crippen LogP contribution < -0.4 is 5.73 Å². The summed E-state index contributed by atoms with van der Waals surface area (Å²) < 4.78 is 2.33. The Labute approximate surface area is 291 Å². The molecule has 0 amide bonds. The predicted molar refractivity (Wildman–Crippen MR) is 214 cm³/mol. The first-order valence-corrected chi connectivity index (χ1v) is 16.8. The Kier molecular flexibility index (Phi) is 9.51. The van der Waals surface area contributed by atoms with E-state index in [1.165, 1.54) is 49.7 Å². The van der Waals surface area contributed by atoms with Crippen LogP contribution in [0.2, 0.25) is 0 Å². The molecular weight excluding hydrogens is 593 g/mol. The molecule has 1 aromatic heterocycles. The third-order valence-electron chi connectivity index (χ3n) is 9.40. The number of aromatic nitrogens is 1. The molecule has 0 saturated carbocycles. The number of nitrogen functional groups attached to an aromatic ring is 1. The molecule has 5 aromatic carbocycles. The van der Waals surface area contributed by atoms with E-state index in [4.69, 9.17) is 5.73 Å². The van der Waals surface area contributed by atoms with Crippen molar-refractivity contribution in [3.05, 3.63) is 199 Å². The van der Waals surface area contributed by atoms with Crippen molar-refractivity contribution in [3.8, 4) is 16.8 Å². The zero-order valence-corrected chi connectivity index (χ0v) is 28.9. The molecule has 0 radical (unpaired) electrons. The molecule has 2 heteroatoms. The number of anilines is 1. The summed E-state index contributed by atoms with van der Waals surface area (Å²) >= 11 is 0. The van der Waals surface area contributed by atoms with Crippen molar-refractivity contribution in [2.24, 2.45) is 0 Å². The summed E-state index contributed by atoms with van der Waals surface area (Å²) in [6, 6.07) is 40.7. The van der Waals surface area contributed by atoms with Crippen LogP contribution in [0.5, 0.6) is 0 Å². The summed E-state index contributed by atoms with van der Waals surface area (Å²) in [6.07, 6.45) is 14.2. The Hall–Kier alpha value is -5.86. The second-order valence-corrected chi connectivity index (χ2v) is 13.0. The zero-order chi connectivity index (χ0) is 34.5. The average Bonchev–Trinajstić information content (AvgIpc) is 3.56. The van der Waals surface area contributed by atoms with Crippen LogP contribution >= 0.6 is 0 Å². The van der Waals surface area contributed by atoms with Gasteiger partial charge in [-0.15, -0.1) is 0 Å². The molecule has 242 valence electrons. The number of allylic oxidation sites excluding steroid dienone is 10. The summed E-state index contributed by atoms with van der Waals surface area (Å²) in [4.78, 5) is 0. The highest BCUT2D eigenvalue weighted by Gasteiger charge is 2.34. The van der Waals surface area contributed by atoms with Gasteiger partial charge in [0.05, 0.1) is 11.0 Å². The van der Waals surface area contributed by atoms with Gasteiger partial charge in [0.1, 0.15) is 0 Å². The maximum Gasteiger partial charge on any atom is 0.0541 e. The van der Waals surface area contributed by atoms with Crippen molar-refractivity contribution >= 4 is 33.1 Å². The quantitative estimate of drug-likeness (QED) is 0.137. The summed E-state index contributed by atoms with van der Waals surface area (Å²) in [5.41, 5.74) is 20.2. The number of fused-ring (bicyclic) bond motifs is 6. The van der Waals surface area contributed by atoms with E-state index in [-0.39, 0.29) is 5.41 Å². The lowest BCUT2D eigenvalue weighted by atomic mass is 9.82. The van der Waals surface area contributed by atoms with Crippen molar-refractivity contribution in [2.75, 3.05) is 5.73 Å². The number of nitrogens with zero attached hydrogens (tertiary/aromatic N) is 1. The SMILES string of the molecule is C=C/C=C(\C=C(/C)C(=C)/C=C\C=C/C)c1ccc2c(c1)c1ccccc1n2-c1ccccc1.CC1(C)c2ccccc2-c2cc(N)ccc21. The number of hydrogen-bond acceptors (Lipinski definition) is 1. The van der Waals surface area contributed by atoms with Crippen LogP contribution in [0.15, 0.2) is 182 Å². The van der Waals surface area contributed by atoms with E-state index in [1.807, 2.05) is 43.4 Å². The molecule has 0 spiro atoms. The second kappa shape index (κ2) is 14.1. The fraction of sp³-hybridized carbons (Fsp3) is 0.106. The van der Waals surface area contributed by atoms with Crippen LogP contribution in [0, 0.1) is 0 Å². The van der Waals surface area contributed by atoms with Gasteiger partial charge < -0.3 is 10.3 Å². The Balaban J connectivity index is 0.000000216. The third kappa shape index (κ3) is 6.51. The minimum Gasteiger partial charge on any atom is -0.399 e. The molecule has 2 nitrogen and oxygen atoms in total. The molecule has 0 aliphatic heterocycles. The highest BCUT2D eigenvalue weighted by molar-refractivity contribution is 6.10. The summed E-state index contributed by atoms with van der Waals surface area (Å²) in [5.74, 6) is 0. The fourth-order valence-corrected chi connectivity index (χ4v) is 6.84. The van der Waals surface area contributed by atoms with Gasteiger partial charge in [0.25, 0.3) is 0 Å². The van der Waals surface area contributed by atoms with Gasteiger partial charge in [0.2, 0.25) is 0 Å². The van der Waals surface area contributed by atoms with E-state index in [0.717, 1.165) is 28.0 Å². The van der Waals surface area contributed by atoms with Gasteiger partial charge in [-0.05, 0) is 101 Å². The molecule has 0 fully saturated rings. The molecule has 1 aliphatic carbocycles. The highest BCUT2D eigenvalue weighted by Crippen LogP contribution is 2.48. The fourth-order valence-electron chi connectivity index (χ4n) is 6.84. The van der Waals surface area contributed by atoms with Crippen LogP contribution in [0.4, 0.5) is 5.69 Å². The molecule has 2 N–H and O–H groups in total. The van der Waals surface area contributed by atoms with E-state index in [2.05, 4.69) is 160 Å². The van der Waals surface area contributed by atoms with Crippen molar-refractivity contribution < 1.29 is 0 Å². The lowest BCUT2D eigenvalue weighted by molar-refractivity contribution is 0.660. The van der Waals surface area contributed by atoms with Gasteiger partial charge in [-0.1, -0.05) is 142 Å². The molecule has 0 unspecified atom stereocenters. The minimum atomic E-state index is 0.0969. The summed E-state index contributed by atoms with van der Waals surface area (Å²) in [7, 11) is 0. The van der Waals surface area contributed by atoms with Gasteiger partial charge in [-0.2, -0.15) is 0 Å². The Morgan fingerprint density at radius 3 is 2.20 bits per heavy atom. The van der Waals surface area contributed by atoms with Gasteiger partial charge in [0, 0.05) is 27.6 Å². The number of hydrogen-bond donors (Lipinski definition) is 1. The summed E-state index contributed by atoms with van der Waals surface area (Å²) in [5, 5.41) is 2.48. The number of benzene rings is 5. The molecule has 0 atom stereocenters. The van der Waals surface area contributed by atoms with E-state index in [9.17, 15) is 0 Å². The highest BCUT2D eigenvalue weighted by atomic mass is 15.0. The monoisotopic (exact) mass is 636 g/mol. The van der Waals surface area contributed by atoms with Crippen LogP contribution in [0.25, 0.3) is 44.2 Å². The Bertz CT molecular complexity index is 2300. The smallest absolute Gasteiger partial charge is 0.0541 e. The molecule has 1 heterocycles. The lowest BCUT2D eigenvalue weighted by Gasteiger charge is -2.21. The Morgan fingerprint density at radius 1 is 0.735 bits per heavy atom. The minimum absolute atomic E-state index is 0.0969. The van der Waals surface area contributed by atoms with E-state index in [0.29, 0.717) is 0 Å². The van der Waals surface area contributed by atoms with E-state index >= 15 is 0 Å². The molecule has 0 bridgehead atoms. The molecular formula is C47H44N2. The van der Waals surface area contributed by atoms with Crippen molar-refractivity contribution in [1.29, 1.82) is 0 Å². The molecule has 6 aromatic rings. The van der Waals surface area contributed by atoms with Gasteiger partial charge in [-0.25, -0.2) is 0 Å². The van der Waals surface area contributed by atoms with E-state index < -0.39 is 0 Å². The molecule has 0 saturated heterocycles. The zero-order valence-electron chi connectivity index (χ0n) is 28.9. The average molecular weight is 637 g/mol. The van der Waals surface area contributed by atoms with Crippen LogP contribution in [-0.4, -0.2) is 4.57 Å². The number of para-hydroxylation sites is 2. The maximum atomic E-state index is 5.88. The maximum absolute atomic E-state index is 5.88. The number of rotatable bonds is 7. The predicted octanol–water partition coefficient (Wildman–Crippen LogP) is 12.6. The van der Waals surface area contributed by atoms with Crippen molar-refractivity contribution in [2.45, 2.75) is 33.1 Å². The van der Waals surface area contributed by atoms with Crippen molar-refractivity contribution in [3.63, 3.8) is 0 Å². The standard InChI is InChI=1S/C32H29N.C15H15N/c1-5-7-9-15-24(3)25(4)22-26(14-6-2)27-20-21-32-30(23-27)29-18-12-13-19-31(29)33(32)28-16-10-8-11-17-28;1-15(2)13-6-4-3-5-11(13)12-9-10(16)7-8-14(12)15/h5-23H,2-3H2,1,4H3;3-9H,16H2,1-2H3/b7-5-,15-9-,25-22+,26-14+;. The second-order valence-electron chi connectivity index (χ2n) is 13.0. The topological polar surface area (TPSA) is 30.9 Å². The normalized spacial score (nSPS) is 13.8. The van der Waals surface area contributed by atoms with Gasteiger partial charge >= 0.3 is 0 Å². The first-order valence-electron chi connectivity index (χ1n) is 16.8. The van der Waals surface area contributed by atoms with E-state index in [1.54, 1.807) is 0 Å². The van der Waals surface area contributed by atoms with Crippen LogP contribution in [0.1, 0.15) is 44.4 Å².